The van der Waals surface area contributed by atoms with Gasteiger partial charge in [0.2, 0.25) is 15.9 Å². The number of carbonyl (C=O) groups excluding carboxylic acids is 1. The van der Waals surface area contributed by atoms with Crippen LogP contribution >= 0.6 is 11.3 Å². The maximum absolute atomic E-state index is 13.1. The van der Waals surface area contributed by atoms with E-state index in [1.54, 1.807) is 0 Å². The normalized spacial score (nSPS) is 11.8. The molecule has 1 aromatic carbocycles. The summed E-state index contributed by atoms with van der Waals surface area (Å²) >= 11 is 1.45. The number of aromatic nitrogens is 2. The van der Waals surface area contributed by atoms with Gasteiger partial charge in [-0.3, -0.25) is 4.79 Å². The summed E-state index contributed by atoms with van der Waals surface area (Å²) in [4.78, 5) is 12.3. The summed E-state index contributed by atoms with van der Waals surface area (Å²) in [6.07, 6.45) is 0. The lowest BCUT2D eigenvalue weighted by Crippen LogP contribution is -2.33. The quantitative estimate of drug-likeness (QED) is 0.490. The first-order valence-electron chi connectivity index (χ1n) is 8.38. The van der Waals surface area contributed by atoms with Crippen molar-refractivity contribution in [3.63, 3.8) is 0 Å². The Morgan fingerprint density at radius 2 is 1.96 bits per heavy atom. The van der Waals surface area contributed by atoms with Crippen LogP contribution in [0.2, 0.25) is 0 Å². The predicted octanol–water partition coefficient (Wildman–Crippen LogP) is 2.84. The van der Waals surface area contributed by atoms with Crippen LogP contribution in [0.1, 0.15) is 23.2 Å². The highest BCUT2D eigenvalue weighted by molar-refractivity contribution is 7.89. The predicted molar refractivity (Wildman–Crippen MR) is 104 cm³/mol. The molecule has 3 rings (SSSR count). The Hall–Kier alpha value is -2.40. The van der Waals surface area contributed by atoms with Gasteiger partial charge in [-0.25, -0.2) is 8.42 Å². The van der Waals surface area contributed by atoms with Crippen LogP contribution in [0.15, 0.2) is 51.1 Å². The number of Topliss-reactive ketones (excluding diaryl/α,β-unsaturated/α-hetero) is 1. The van der Waals surface area contributed by atoms with E-state index in [2.05, 4.69) is 10.2 Å². The molecule has 0 saturated carbocycles. The highest BCUT2D eigenvalue weighted by Crippen LogP contribution is 2.24. The monoisotopic (exact) mass is 421 g/mol. The summed E-state index contributed by atoms with van der Waals surface area (Å²) in [6.45, 7) is 1.66. The lowest BCUT2D eigenvalue weighted by molar-refractivity contribution is 0.101. The Morgan fingerprint density at radius 1 is 1.21 bits per heavy atom. The minimum Gasteiger partial charge on any atom is -0.418 e. The average Bonchev–Trinajstić information content (AvgIpc) is 3.36. The summed E-state index contributed by atoms with van der Waals surface area (Å²) in [6, 6.07) is 9.52. The molecule has 2 aromatic heterocycles. The van der Waals surface area contributed by atoms with Gasteiger partial charge in [0, 0.05) is 19.2 Å². The van der Waals surface area contributed by atoms with Gasteiger partial charge in [0.1, 0.15) is 0 Å². The smallest absolute Gasteiger partial charge is 0.257 e. The first-order chi connectivity index (χ1) is 13.4. The number of rotatable bonds is 9. The third kappa shape index (κ3) is 4.53. The van der Waals surface area contributed by atoms with E-state index in [4.69, 9.17) is 9.15 Å². The van der Waals surface area contributed by atoms with Gasteiger partial charge in [-0.15, -0.1) is 21.5 Å². The molecule has 8 nitrogen and oxygen atoms in total. The van der Waals surface area contributed by atoms with E-state index in [1.807, 2.05) is 17.5 Å². The first kappa shape index (κ1) is 20.3. The minimum atomic E-state index is -3.84. The van der Waals surface area contributed by atoms with Crippen molar-refractivity contribution in [2.24, 2.45) is 0 Å². The van der Waals surface area contributed by atoms with E-state index in [9.17, 15) is 13.2 Å². The number of ketones is 1. The van der Waals surface area contributed by atoms with Crippen molar-refractivity contribution in [3.8, 4) is 10.8 Å². The molecule has 0 aliphatic rings. The van der Waals surface area contributed by atoms with Crippen LogP contribution in [-0.4, -0.2) is 49.0 Å². The number of hydrogen-bond acceptors (Lipinski definition) is 8. The second-order valence-corrected chi connectivity index (χ2v) is 8.78. The van der Waals surface area contributed by atoms with E-state index in [1.165, 1.54) is 53.9 Å². The number of ether oxygens (including phenoxy) is 1. The highest BCUT2D eigenvalue weighted by atomic mass is 32.2. The van der Waals surface area contributed by atoms with Crippen LogP contribution in [-0.2, 0) is 21.3 Å². The zero-order chi connectivity index (χ0) is 20.1. The van der Waals surface area contributed by atoms with Crippen LogP contribution < -0.4 is 0 Å². The Balaban J connectivity index is 1.85. The van der Waals surface area contributed by atoms with Crippen LogP contribution in [0.25, 0.3) is 10.8 Å². The third-order valence-electron chi connectivity index (χ3n) is 3.95. The number of thiophene rings is 1. The van der Waals surface area contributed by atoms with Crippen molar-refractivity contribution in [3.05, 3.63) is 53.2 Å². The van der Waals surface area contributed by atoms with Crippen molar-refractivity contribution < 1.29 is 22.4 Å². The third-order valence-corrected chi connectivity index (χ3v) is 6.67. The summed E-state index contributed by atoms with van der Waals surface area (Å²) < 4.78 is 38.0. The largest absolute Gasteiger partial charge is 0.418 e. The lowest BCUT2D eigenvalue weighted by Gasteiger charge is -2.20. The molecular weight excluding hydrogens is 402 g/mol. The number of carbonyl (C=O) groups is 1. The van der Waals surface area contributed by atoms with Crippen LogP contribution in [0.3, 0.4) is 0 Å². The maximum atomic E-state index is 13.1. The molecule has 3 aromatic rings. The number of hydrogen-bond donors (Lipinski definition) is 0. The van der Waals surface area contributed by atoms with Gasteiger partial charge >= 0.3 is 0 Å². The summed E-state index contributed by atoms with van der Waals surface area (Å²) in [5.74, 6) is 0.399. The zero-order valence-corrected chi connectivity index (χ0v) is 17.0. The number of methoxy groups -OCH3 is 1. The first-order valence-corrected chi connectivity index (χ1v) is 10.7. The molecule has 0 unspecified atom stereocenters. The molecule has 0 fully saturated rings. The van der Waals surface area contributed by atoms with Crippen molar-refractivity contribution in [1.29, 1.82) is 0 Å². The minimum absolute atomic E-state index is 0.0756. The second-order valence-electron chi connectivity index (χ2n) is 5.89. The van der Waals surface area contributed by atoms with Crippen molar-refractivity contribution >= 4 is 27.1 Å². The molecule has 0 spiro atoms. The SMILES string of the molecule is COCCN(Cc1nnc(-c2cccs2)o1)S(=O)(=O)c1ccc(C(C)=O)cc1. The average molecular weight is 422 g/mol. The van der Waals surface area contributed by atoms with Crippen LogP contribution in [0, 0.1) is 0 Å². The molecule has 28 heavy (non-hydrogen) atoms. The fraction of sp³-hybridized carbons (Fsp3) is 0.278. The summed E-state index contributed by atoms with van der Waals surface area (Å²) in [5, 5.41) is 9.83. The van der Waals surface area contributed by atoms with Gasteiger partial charge in [-0.1, -0.05) is 18.2 Å². The van der Waals surface area contributed by atoms with Gasteiger partial charge in [0.05, 0.1) is 22.9 Å². The Bertz CT molecular complexity index is 1030. The molecule has 0 saturated heterocycles. The molecule has 0 bridgehead atoms. The summed E-state index contributed by atoms with van der Waals surface area (Å²) in [7, 11) is -2.35. The van der Waals surface area contributed by atoms with Crippen LogP contribution in [0.4, 0.5) is 0 Å². The number of sulfonamides is 1. The van der Waals surface area contributed by atoms with Gasteiger partial charge in [0.15, 0.2) is 5.78 Å². The van der Waals surface area contributed by atoms with Crippen molar-refractivity contribution in [2.45, 2.75) is 18.4 Å². The molecule has 10 heteroatoms. The maximum Gasteiger partial charge on any atom is 0.257 e. The zero-order valence-electron chi connectivity index (χ0n) is 15.4. The Morgan fingerprint density at radius 3 is 2.57 bits per heavy atom. The molecule has 148 valence electrons. The fourth-order valence-electron chi connectivity index (χ4n) is 2.46. The topological polar surface area (TPSA) is 103 Å². The van der Waals surface area contributed by atoms with Crippen molar-refractivity contribution in [1.82, 2.24) is 14.5 Å². The van der Waals surface area contributed by atoms with E-state index in [0.717, 1.165) is 4.88 Å². The number of nitrogens with zero attached hydrogens (tertiary/aromatic N) is 3. The molecule has 0 aliphatic carbocycles. The van der Waals surface area contributed by atoms with Gasteiger partial charge in [0.25, 0.3) is 5.89 Å². The van der Waals surface area contributed by atoms with E-state index in [-0.39, 0.29) is 36.3 Å². The molecular formula is C18H19N3O5S2. The Kier molecular flexibility index (Phi) is 6.35. The van der Waals surface area contributed by atoms with Gasteiger partial charge < -0.3 is 9.15 Å². The van der Waals surface area contributed by atoms with E-state index in [0.29, 0.717) is 11.5 Å². The lowest BCUT2D eigenvalue weighted by atomic mass is 10.2. The van der Waals surface area contributed by atoms with E-state index >= 15 is 0 Å². The standard InChI is InChI=1S/C18H19N3O5S2/c1-13(22)14-5-7-15(8-6-14)28(23,24)21(9-10-25-2)12-17-19-20-18(26-17)16-4-3-11-27-16/h3-8,11H,9-10,12H2,1-2H3. The molecule has 0 atom stereocenters. The van der Waals surface area contributed by atoms with E-state index < -0.39 is 10.0 Å². The summed E-state index contributed by atoms with van der Waals surface area (Å²) in [5.41, 5.74) is 0.444. The fourth-order valence-corrected chi connectivity index (χ4v) is 4.47. The van der Waals surface area contributed by atoms with Crippen LogP contribution in [0.5, 0.6) is 0 Å². The molecule has 0 radical (unpaired) electrons. The van der Waals surface area contributed by atoms with Gasteiger partial charge in [-0.05, 0) is 30.5 Å². The Labute approximate surface area is 166 Å². The van der Waals surface area contributed by atoms with Gasteiger partial charge in [-0.2, -0.15) is 4.31 Å². The molecule has 0 amide bonds. The molecule has 0 N–H and O–H groups in total. The molecule has 2 heterocycles. The molecule has 0 aliphatic heterocycles. The second kappa shape index (κ2) is 8.74. The number of benzene rings is 1. The highest BCUT2D eigenvalue weighted by Gasteiger charge is 2.27. The van der Waals surface area contributed by atoms with Crippen molar-refractivity contribution in [2.75, 3.05) is 20.3 Å².